The first-order valence-corrected chi connectivity index (χ1v) is 4.35. The molecule has 0 atom stereocenters. The highest BCUT2D eigenvalue weighted by atomic mass is 32.1. The Balaban J connectivity index is 2.17. The molecule has 0 aliphatic heterocycles. The molecule has 1 aromatic heterocycles. The number of hydrogen-bond donors (Lipinski definition) is 1. The zero-order valence-electron chi connectivity index (χ0n) is 5.71. The zero-order chi connectivity index (χ0) is 6.97. The summed E-state index contributed by atoms with van der Waals surface area (Å²) in [6.45, 7) is 0. The minimum absolute atomic E-state index is 0.730. The minimum Gasteiger partial charge on any atom is -0.389 e. The van der Waals surface area contributed by atoms with Gasteiger partial charge in [0, 0.05) is 5.92 Å². The molecule has 1 fully saturated rings. The van der Waals surface area contributed by atoms with Crippen molar-refractivity contribution in [3.8, 4) is 0 Å². The number of rotatable bonds is 1. The number of hydrogen-bond acceptors (Lipinski definition) is 3. The monoisotopic (exact) mass is 154 g/mol. The molecule has 0 unspecified atom stereocenters. The molecule has 0 amide bonds. The molecule has 1 heterocycles. The van der Waals surface area contributed by atoms with E-state index in [1.807, 2.05) is 6.07 Å². The topological polar surface area (TPSA) is 38.9 Å². The minimum atomic E-state index is 0.730. The summed E-state index contributed by atoms with van der Waals surface area (Å²) in [5.74, 6) is 0.730. The van der Waals surface area contributed by atoms with Crippen LogP contribution in [0.25, 0.3) is 0 Å². The molecule has 0 spiro atoms. The van der Waals surface area contributed by atoms with Gasteiger partial charge in [-0.15, -0.1) is 0 Å². The highest BCUT2D eigenvalue weighted by Crippen LogP contribution is 2.36. The molecule has 10 heavy (non-hydrogen) atoms. The lowest BCUT2D eigenvalue weighted by atomic mass is 9.83. The van der Waals surface area contributed by atoms with E-state index < -0.39 is 0 Å². The number of aromatic nitrogens is 1. The summed E-state index contributed by atoms with van der Waals surface area (Å²) in [4.78, 5) is 0. The van der Waals surface area contributed by atoms with Gasteiger partial charge in [-0.3, -0.25) is 0 Å². The maximum Gasteiger partial charge on any atom is 0.107 e. The Morgan fingerprint density at radius 3 is 2.80 bits per heavy atom. The highest BCUT2D eigenvalue weighted by molar-refractivity contribution is 7.10. The highest BCUT2D eigenvalue weighted by Gasteiger charge is 2.21. The van der Waals surface area contributed by atoms with Crippen LogP contribution in [0.3, 0.4) is 0 Å². The number of nitrogens with two attached hydrogens (primary N) is 1. The van der Waals surface area contributed by atoms with Gasteiger partial charge in [0.05, 0.1) is 5.69 Å². The van der Waals surface area contributed by atoms with Crippen LogP contribution in [0.15, 0.2) is 6.07 Å². The van der Waals surface area contributed by atoms with Crippen LogP contribution in [0.1, 0.15) is 30.9 Å². The maximum absolute atomic E-state index is 5.55. The van der Waals surface area contributed by atoms with Crippen LogP contribution in [0.5, 0.6) is 0 Å². The van der Waals surface area contributed by atoms with Crippen molar-refractivity contribution in [3.63, 3.8) is 0 Å². The first kappa shape index (κ1) is 6.16. The molecular weight excluding hydrogens is 144 g/mol. The van der Waals surface area contributed by atoms with Crippen molar-refractivity contribution in [2.24, 2.45) is 0 Å². The Labute approximate surface area is 64.2 Å². The predicted molar refractivity (Wildman–Crippen MR) is 43.1 cm³/mol. The van der Waals surface area contributed by atoms with Crippen molar-refractivity contribution in [1.82, 2.24) is 4.37 Å². The molecule has 1 aliphatic carbocycles. The first-order chi connectivity index (χ1) is 4.86. The van der Waals surface area contributed by atoms with Gasteiger partial charge in [0.15, 0.2) is 0 Å². The van der Waals surface area contributed by atoms with Crippen molar-refractivity contribution < 1.29 is 0 Å². The SMILES string of the molecule is Nc1cc(C2CCC2)ns1. The van der Waals surface area contributed by atoms with Crippen molar-refractivity contribution in [3.05, 3.63) is 11.8 Å². The van der Waals surface area contributed by atoms with Crippen LogP contribution < -0.4 is 5.73 Å². The third kappa shape index (κ3) is 0.904. The Bertz CT molecular complexity index is 227. The van der Waals surface area contributed by atoms with Crippen molar-refractivity contribution in [2.75, 3.05) is 5.73 Å². The lowest BCUT2D eigenvalue weighted by Gasteiger charge is -2.22. The van der Waals surface area contributed by atoms with E-state index in [0.717, 1.165) is 10.9 Å². The second kappa shape index (κ2) is 2.23. The molecule has 54 valence electrons. The van der Waals surface area contributed by atoms with E-state index in [9.17, 15) is 0 Å². The van der Waals surface area contributed by atoms with E-state index in [1.165, 1.54) is 36.5 Å². The molecule has 1 aliphatic rings. The zero-order valence-corrected chi connectivity index (χ0v) is 6.53. The number of anilines is 1. The molecular formula is C7H10N2S. The Kier molecular flexibility index (Phi) is 1.38. The summed E-state index contributed by atoms with van der Waals surface area (Å²) >= 11 is 1.41. The van der Waals surface area contributed by atoms with Gasteiger partial charge in [-0.25, -0.2) is 0 Å². The van der Waals surface area contributed by atoms with Gasteiger partial charge in [0.2, 0.25) is 0 Å². The molecule has 1 aromatic rings. The van der Waals surface area contributed by atoms with Crippen molar-refractivity contribution >= 4 is 16.5 Å². The normalized spacial score (nSPS) is 18.8. The van der Waals surface area contributed by atoms with Crippen LogP contribution in [0.2, 0.25) is 0 Å². The Hall–Kier alpha value is -0.570. The van der Waals surface area contributed by atoms with E-state index in [0.29, 0.717) is 0 Å². The first-order valence-electron chi connectivity index (χ1n) is 3.58. The third-order valence-corrected chi connectivity index (χ3v) is 2.70. The smallest absolute Gasteiger partial charge is 0.107 e. The number of nitrogens with zero attached hydrogens (tertiary/aromatic N) is 1. The van der Waals surface area contributed by atoms with Crippen molar-refractivity contribution in [1.29, 1.82) is 0 Å². The van der Waals surface area contributed by atoms with E-state index >= 15 is 0 Å². The average Bonchev–Trinajstić information content (AvgIpc) is 2.10. The second-order valence-electron chi connectivity index (χ2n) is 2.78. The van der Waals surface area contributed by atoms with E-state index in [4.69, 9.17) is 5.73 Å². The van der Waals surface area contributed by atoms with Crippen LogP contribution in [-0.4, -0.2) is 4.37 Å². The summed E-state index contributed by atoms with van der Waals surface area (Å²) in [5.41, 5.74) is 6.77. The van der Waals surface area contributed by atoms with Crippen LogP contribution in [-0.2, 0) is 0 Å². The fourth-order valence-corrected chi connectivity index (χ4v) is 1.79. The fraction of sp³-hybridized carbons (Fsp3) is 0.571. The lowest BCUT2D eigenvalue weighted by Crippen LogP contribution is -2.08. The molecule has 0 aromatic carbocycles. The van der Waals surface area contributed by atoms with Gasteiger partial charge in [0.1, 0.15) is 5.00 Å². The molecule has 3 heteroatoms. The summed E-state index contributed by atoms with van der Waals surface area (Å²) in [6, 6.07) is 2.01. The summed E-state index contributed by atoms with van der Waals surface area (Å²) < 4.78 is 4.25. The van der Waals surface area contributed by atoms with Crippen LogP contribution >= 0.6 is 11.5 Å². The Morgan fingerprint density at radius 2 is 2.40 bits per heavy atom. The standard InChI is InChI=1S/C7H10N2S/c8-7-4-6(9-10-7)5-2-1-3-5/h4-5H,1-3,8H2. The molecule has 1 saturated carbocycles. The average molecular weight is 154 g/mol. The molecule has 0 bridgehead atoms. The number of nitrogen functional groups attached to an aromatic ring is 1. The van der Waals surface area contributed by atoms with Gasteiger partial charge >= 0.3 is 0 Å². The van der Waals surface area contributed by atoms with Gasteiger partial charge in [-0.1, -0.05) is 6.42 Å². The van der Waals surface area contributed by atoms with Crippen molar-refractivity contribution in [2.45, 2.75) is 25.2 Å². The lowest BCUT2D eigenvalue weighted by molar-refractivity contribution is 0.414. The molecule has 2 rings (SSSR count). The van der Waals surface area contributed by atoms with Gasteiger partial charge < -0.3 is 5.73 Å². The molecule has 0 saturated heterocycles. The molecule has 0 radical (unpaired) electrons. The van der Waals surface area contributed by atoms with E-state index in [2.05, 4.69) is 4.37 Å². The third-order valence-electron chi connectivity index (χ3n) is 2.07. The molecule has 2 nitrogen and oxygen atoms in total. The summed E-state index contributed by atoms with van der Waals surface area (Å²) in [5, 5.41) is 0.849. The van der Waals surface area contributed by atoms with Crippen LogP contribution in [0.4, 0.5) is 5.00 Å². The largest absolute Gasteiger partial charge is 0.389 e. The molecule has 2 N–H and O–H groups in total. The fourth-order valence-electron chi connectivity index (χ4n) is 1.20. The quantitative estimate of drug-likeness (QED) is 0.672. The van der Waals surface area contributed by atoms with E-state index in [1.54, 1.807) is 0 Å². The Morgan fingerprint density at radius 1 is 1.60 bits per heavy atom. The summed E-state index contributed by atoms with van der Waals surface area (Å²) in [7, 11) is 0. The predicted octanol–water partition coefficient (Wildman–Crippen LogP) is 1.99. The second-order valence-corrected chi connectivity index (χ2v) is 3.62. The van der Waals surface area contributed by atoms with Crippen LogP contribution in [0, 0.1) is 0 Å². The van der Waals surface area contributed by atoms with Gasteiger partial charge in [-0.2, -0.15) is 4.37 Å². The maximum atomic E-state index is 5.55. The van der Waals surface area contributed by atoms with E-state index in [-0.39, 0.29) is 0 Å². The van der Waals surface area contributed by atoms with Gasteiger partial charge in [0.25, 0.3) is 0 Å². The van der Waals surface area contributed by atoms with Gasteiger partial charge in [-0.05, 0) is 30.4 Å². The summed E-state index contributed by atoms with van der Waals surface area (Å²) in [6.07, 6.45) is 3.98.